The molecule has 0 spiro atoms. The molecule has 0 radical (unpaired) electrons. The molecule has 3 aliphatic heterocycles. The number of carbonyl (C=O) groups is 3. The Morgan fingerprint density at radius 3 is 2.20 bits per heavy atom. The number of imide groups is 1. The van der Waals surface area contributed by atoms with E-state index in [2.05, 4.69) is 86.0 Å². The second-order valence-corrected chi connectivity index (χ2v) is 15.4. The fourth-order valence-electron chi connectivity index (χ4n) is 9.05. The van der Waals surface area contributed by atoms with E-state index in [-0.39, 0.29) is 30.2 Å². The topological polar surface area (TPSA) is 105 Å². The molecule has 3 N–H and O–H groups in total. The maximum Gasteiger partial charge on any atom is 0.254 e. The Morgan fingerprint density at radius 1 is 0.759 bits per heavy atom. The largest absolute Gasteiger partial charge is 0.508 e. The van der Waals surface area contributed by atoms with Crippen molar-refractivity contribution in [1.82, 2.24) is 15.5 Å². The van der Waals surface area contributed by atoms with Gasteiger partial charge in [-0.1, -0.05) is 48.5 Å². The maximum absolute atomic E-state index is 15.1. The van der Waals surface area contributed by atoms with Gasteiger partial charge in [0.2, 0.25) is 11.8 Å². The zero-order valence-electron chi connectivity index (χ0n) is 30.6. The number of phenols is 1. The summed E-state index contributed by atoms with van der Waals surface area (Å²) in [6.45, 7) is 6.49. The van der Waals surface area contributed by atoms with Crippen molar-refractivity contribution in [3.63, 3.8) is 0 Å². The van der Waals surface area contributed by atoms with E-state index in [1.165, 1.54) is 40.1 Å². The minimum Gasteiger partial charge on any atom is -0.508 e. The number of benzene rings is 4. The van der Waals surface area contributed by atoms with Gasteiger partial charge in [-0.05, 0) is 109 Å². The molecule has 4 aromatic rings. The van der Waals surface area contributed by atoms with Gasteiger partial charge in [-0.25, -0.2) is 4.39 Å². The van der Waals surface area contributed by atoms with Crippen LogP contribution in [0.1, 0.15) is 76.6 Å². The Kier molecular flexibility index (Phi) is 10.4. The summed E-state index contributed by atoms with van der Waals surface area (Å²) in [7, 11) is 0. The molecule has 0 saturated carbocycles. The van der Waals surface area contributed by atoms with E-state index in [4.69, 9.17) is 0 Å². The summed E-state index contributed by atoms with van der Waals surface area (Å²) in [4.78, 5) is 43.3. The van der Waals surface area contributed by atoms with Gasteiger partial charge in [-0.2, -0.15) is 0 Å². The van der Waals surface area contributed by atoms with Crippen molar-refractivity contribution in [2.75, 3.05) is 55.6 Å². The zero-order chi connectivity index (χ0) is 37.2. The molecule has 3 atom stereocenters. The molecule has 280 valence electrons. The first kappa shape index (κ1) is 35.8. The van der Waals surface area contributed by atoms with Gasteiger partial charge in [0.05, 0.1) is 5.56 Å². The third-order valence-electron chi connectivity index (χ3n) is 12.0. The minimum absolute atomic E-state index is 0.113. The lowest BCUT2D eigenvalue weighted by Crippen LogP contribution is -2.52. The number of halogens is 1. The summed E-state index contributed by atoms with van der Waals surface area (Å²) in [6.07, 6.45) is 4.65. The first-order chi connectivity index (χ1) is 26.3. The molecule has 0 bridgehead atoms. The van der Waals surface area contributed by atoms with Gasteiger partial charge in [0, 0.05) is 69.5 Å². The number of aryl methyl sites for hydroxylation is 1. The zero-order valence-corrected chi connectivity index (χ0v) is 30.6. The van der Waals surface area contributed by atoms with E-state index in [9.17, 15) is 19.5 Å². The molecule has 8 rings (SSSR count). The van der Waals surface area contributed by atoms with Crippen LogP contribution < -0.4 is 20.4 Å². The maximum atomic E-state index is 15.1. The lowest BCUT2D eigenvalue weighted by atomic mass is 9.69. The number of piperazine rings is 1. The molecular weight excluding hydrogens is 682 g/mol. The summed E-state index contributed by atoms with van der Waals surface area (Å²) < 4.78 is 15.1. The van der Waals surface area contributed by atoms with Crippen molar-refractivity contribution >= 4 is 29.1 Å². The van der Waals surface area contributed by atoms with E-state index >= 15 is 4.39 Å². The average molecular weight is 730 g/mol. The normalized spacial score (nSPS) is 22.4. The summed E-state index contributed by atoms with van der Waals surface area (Å²) in [5, 5.41) is 15.0. The summed E-state index contributed by atoms with van der Waals surface area (Å²) in [5.41, 5.74) is 7.16. The van der Waals surface area contributed by atoms with E-state index in [0.717, 1.165) is 77.2 Å². The van der Waals surface area contributed by atoms with E-state index in [1.54, 1.807) is 6.07 Å². The van der Waals surface area contributed by atoms with Crippen LogP contribution in [0.2, 0.25) is 0 Å². The Bertz CT molecular complexity index is 1990. The average Bonchev–Trinajstić information content (AvgIpc) is 3.19. The summed E-state index contributed by atoms with van der Waals surface area (Å²) >= 11 is 0. The highest BCUT2D eigenvalue weighted by molar-refractivity contribution is 6.04. The van der Waals surface area contributed by atoms with Crippen LogP contribution in [0.25, 0.3) is 0 Å². The van der Waals surface area contributed by atoms with E-state index in [1.807, 2.05) is 12.1 Å². The fraction of sp³-hybridized carbons (Fsp3) is 0.386. The molecule has 3 saturated heterocycles. The van der Waals surface area contributed by atoms with Crippen LogP contribution >= 0.6 is 0 Å². The van der Waals surface area contributed by atoms with Gasteiger partial charge in [0.15, 0.2) is 0 Å². The van der Waals surface area contributed by atoms with Crippen molar-refractivity contribution in [2.24, 2.45) is 5.92 Å². The quantitative estimate of drug-likeness (QED) is 0.192. The van der Waals surface area contributed by atoms with Crippen LogP contribution in [0.15, 0.2) is 91.0 Å². The highest BCUT2D eigenvalue weighted by atomic mass is 19.1. The van der Waals surface area contributed by atoms with E-state index in [0.29, 0.717) is 17.6 Å². The molecule has 10 heteroatoms. The van der Waals surface area contributed by atoms with Gasteiger partial charge in [-0.3, -0.25) is 24.6 Å². The van der Waals surface area contributed by atoms with Crippen LogP contribution in [0, 0.1) is 11.7 Å². The third kappa shape index (κ3) is 7.71. The van der Waals surface area contributed by atoms with Crippen LogP contribution in [0.5, 0.6) is 5.75 Å². The Morgan fingerprint density at radius 2 is 1.48 bits per heavy atom. The van der Waals surface area contributed by atoms with Crippen LogP contribution in [0.3, 0.4) is 0 Å². The van der Waals surface area contributed by atoms with Crippen molar-refractivity contribution < 1.29 is 23.9 Å². The summed E-state index contributed by atoms with van der Waals surface area (Å²) in [5.74, 6) is -0.613. The molecule has 0 unspecified atom stereocenters. The highest BCUT2D eigenvalue weighted by Gasteiger charge is 2.33. The van der Waals surface area contributed by atoms with Crippen molar-refractivity contribution in [1.29, 1.82) is 0 Å². The Hall–Kier alpha value is -5.22. The van der Waals surface area contributed by atoms with Crippen molar-refractivity contribution in [2.45, 2.75) is 56.4 Å². The molecule has 3 heterocycles. The number of hydrogen-bond acceptors (Lipinski definition) is 7. The third-order valence-corrected chi connectivity index (χ3v) is 12.0. The van der Waals surface area contributed by atoms with E-state index < -0.39 is 23.7 Å². The molecule has 4 aromatic carbocycles. The SMILES string of the molecule is O=C1CC[C@H](NC(=O)c2ccc(N3CCN(CC4CCN(c5ccc([C@@H]6c7ccc(O)cc7CC[C@@H]6c6ccccc6)cc5)CC4)CC3)cc2F)C(=O)N1. The molecular formula is C44H48FN5O4. The first-order valence-corrected chi connectivity index (χ1v) is 19.4. The molecule has 1 aliphatic carbocycles. The monoisotopic (exact) mass is 729 g/mol. The number of amides is 3. The number of aromatic hydroxyl groups is 1. The number of phenolic OH excluding ortho intramolecular Hbond substituents is 1. The Labute approximate surface area is 316 Å². The number of rotatable bonds is 8. The Balaban J connectivity index is 0.827. The number of fused-ring (bicyclic) bond motifs is 1. The standard InChI is InChI=1S/C44H48FN5O4/c45-39-27-34(11-14-38(39)43(53)46-40-16-17-41(52)47-44(40)54)50-24-22-48(23-25-50)28-29-18-20-49(21-19-29)33-9-6-31(7-10-33)42-36(30-4-2-1-3-5-30)13-8-32-26-35(51)12-15-37(32)42/h1-7,9-12,14-15,26-27,29,36,40,42,51H,8,13,16-25,28H2,(H,46,53)(H,47,52,54)/t36-,40+,42+/m1/s1. The van der Waals surface area contributed by atoms with Crippen LogP contribution in [0.4, 0.5) is 15.8 Å². The van der Waals surface area contributed by atoms with Crippen LogP contribution in [-0.4, -0.2) is 79.6 Å². The molecule has 4 aliphatic rings. The molecule has 3 fully saturated rings. The lowest BCUT2D eigenvalue weighted by molar-refractivity contribution is -0.134. The van der Waals surface area contributed by atoms with Gasteiger partial charge in [0.1, 0.15) is 17.6 Å². The fourth-order valence-corrected chi connectivity index (χ4v) is 9.05. The van der Waals surface area contributed by atoms with Crippen molar-refractivity contribution in [3.8, 4) is 5.75 Å². The van der Waals surface area contributed by atoms with Gasteiger partial charge in [0.25, 0.3) is 5.91 Å². The lowest BCUT2D eigenvalue weighted by Gasteiger charge is -2.40. The number of piperidine rings is 2. The molecule has 3 amide bonds. The molecule has 54 heavy (non-hydrogen) atoms. The number of nitrogens with one attached hydrogen (secondary N) is 2. The smallest absolute Gasteiger partial charge is 0.254 e. The van der Waals surface area contributed by atoms with Gasteiger partial charge < -0.3 is 20.2 Å². The second kappa shape index (κ2) is 15.6. The second-order valence-electron chi connectivity index (χ2n) is 15.4. The summed E-state index contributed by atoms with van der Waals surface area (Å²) in [6, 6.07) is 29.8. The minimum atomic E-state index is -0.849. The number of carbonyl (C=O) groups excluding carboxylic acids is 3. The molecule has 9 nitrogen and oxygen atoms in total. The van der Waals surface area contributed by atoms with Crippen molar-refractivity contribution in [3.05, 3.63) is 125 Å². The predicted molar refractivity (Wildman–Crippen MR) is 208 cm³/mol. The van der Waals surface area contributed by atoms with Gasteiger partial charge in [-0.15, -0.1) is 0 Å². The molecule has 0 aromatic heterocycles. The van der Waals surface area contributed by atoms with Gasteiger partial charge >= 0.3 is 0 Å². The van der Waals surface area contributed by atoms with Crippen LogP contribution in [-0.2, 0) is 16.0 Å². The predicted octanol–water partition coefficient (Wildman–Crippen LogP) is 5.97. The number of anilines is 2. The number of nitrogens with zero attached hydrogens (tertiary/aromatic N) is 3. The first-order valence-electron chi connectivity index (χ1n) is 19.4. The highest BCUT2D eigenvalue weighted by Crippen LogP contribution is 2.47. The number of hydrogen-bond donors (Lipinski definition) is 3.